The van der Waals surface area contributed by atoms with E-state index in [1.807, 2.05) is 13.8 Å². The number of carbonyl (C=O) groups is 1. The summed E-state index contributed by atoms with van der Waals surface area (Å²) in [5, 5.41) is 2.85. The van der Waals surface area contributed by atoms with Crippen molar-refractivity contribution in [3.63, 3.8) is 0 Å². The number of piperidine rings is 1. The highest BCUT2D eigenvalue weighted by atomic mass is 16.5. The molecule has 0 aliphatic carbocycles. The van der Waals surface area contributed by atoms with Crippen molar-refractivity contribution in [2.45, 2.75) is 39.2 Å². The van der Waals surface area contributed by atoms with Crippen LogP contribution in [0.5, 0.6) is 0 Å². The van der Waals surface area contributed by atoms with E-state index in [1.54, 1.807) is 0 Å². The number of hydrogen-bond acceptors (Lipinski definition) is 6. The molecule has 1 heterocycles. The minimum absolute atomic E-state index is 0.0656. The molecule has 1 fully saturated rings. The molecule has 0 radical (unpaired) electrons. The molecule has 1 saturated heterocycles. The van der Waals surface area contributed by atoms with Crippen molar-refractivity contribution in [1.29, 1.82) is 0 Å². The predicted molar refractivity (Wildman–Crippen MR) is 98.6 cm³/mol. The van der Waals surface area contributed by atoms with Gasteiger partial charge in [-0.3, -0.25) is 4.79 Å². The summed E-state index contributed by atoms with van der Waals surface area (Å²) in [4.78, 5) is 13.9. The van der Waals surface area contributed by atoms with E-state index < -0.39 is 0 Å². The maximum atomic E-state index is 11.5. The molecule has 1 rings (SSSR count). The van der Waals surface area contributed by atoms with Gasteiger partial charge < -0.3 is 30.2 Å². The molecule has 1 unspecified atom stereocenters. The average Bonchev–Trinajstić information content (AvgIpc) is 2.63. The fourth-order valence-corrected chi connectivity index (χ4v) is 2.52. The number of likely N-dealkylation sites (tertiary alicyclic amines) is 1. The number of nitrogens with zero attached hydrogens (tertiary/aromatic N) is 1. The smallest absolute Gasteiger partial charge is 0.222 e. The van der Waals surface area contributed by atoms with Crippen molar-refractivity contribution in [2.75, 3.05) is 65.8 Å². The summed E-state index contributed by atoms with van der Waals surface area (Å²) >= 11 is 0. The van der Waals surface area contributed by atoms with Crippen molar-refractivity contribution in [3.8, 4) is 0 Å². The van der Waals surface area contributed by atoms with E-state index in [9.17, 15) is 4.79 Å². The first-order valence-electron chi connectivity index (χ1n) is 9.62. The highest BCUT2D eigenvalue weighted by Crippen LogP contribution is 2.07. The van der Waals surface area contributed by atoms with E-state index in [-0.39, 0.29) is 11.8 Å². The van der Waals surface area contributed by atoms with Crippen LogP contribution >= 0.6 is 0 Å². The first-order chi connectivity index (χ1) is 12.1. The Morgan fingerprint density at radius 1 is 1.08 bits per heavy atom. The van der Waals surface area contributed by atoms with Gasteiger partial charge in [0, 0.05) is 25.0 Å². The Kier molecular flexibility index (Phi) is 12.9. The van der Waals surface area contributed by atoms with Gasteiger partial charge >= 0.3 is 0 Å². The molecule has 1 atom stereocenters. The van der Waals surface area contributed by atoms with Crippen molar-refractivity contribution in [2.24, 2.45) is 11.7 Å². The molecule has 7 heteroatoms. The second-order valence-corrected chi connectivity index (χ2v) is 6.62. The molecule has 3 N–H and O–H groups in total. The van der Waals surface area contributed by atoms with Gasteiger partial charge in [0.25, 0.3) is 0 Å². The van der Waals surface area contributed by atoms with E-state index >= 15 is 0 Å². The zero-order chi connectivity index (χ0) is 18.3. The number of hydrogen-bond donors (Lipinski definition) is 2. The lowest BCUT2D eigenvalue weighted by atomic mass is 10.1. The summed E-state index contributed by atoms with van der Waals surface area (Å²) in [5.41, 5.74) is 5.89. The number of nitrogens with one attached hydrogen (secondary N) is 1. The zero-order valence-corrected chi connectivity index (χ0v) is 16.0. The molecular weight excluding hydrogens is 322 g/mol. The monoisotopic (exact) mass is 359 g/mol. The molecule has 0 aromatic heterocycles. The second-order valence-electron chi connectivity index (χ2n) is 6.62. The van der Waals surface area contributed by atoms with Gasteiger partial charge in [-0.2, -0.15) is 0 Å². The average molecular weight is 360 g/mol. The summed E-state index contributed by atoms with van der Waals surface area (Å²) in [5.74, 6) is 0.155. The van der Waals surface area contributed by atoms with E-state index in [0.29, 0.717) is 45.6 Å². The van der Waals surface area contributed by atoms with E-state index in [0.717, 1.165) is 45.5 Å². The van der Waals surface area contributed by atoms with Gasteiger partial charge in [0.15, 0.2) is 0 Å². The Morgan fingerprint density at radius 2 is 1.64 bits per heavy atom. The fourth-order valence-electron chi connectivity index (χ4n) is 2.52. The molecule has 0 spiro atoms. The lowest BCUT2D eigenvalue weighted by Gasteiger charge is -2.29. The lowest BCUT2D eigenvalue weighted by Crippen LogP contribution is -2.41. The molecule has 1 aliphatic heterocycles. The Morgan fingerprint density at radius 3 is 2.24 bits per heavy atom. The van der Waals surface area contributed by atoms with Gasteiger partial charge in [-0.05, 0) is 32.4 Å². The molecule has 0 saturated carbocycles. The normalized spacial score (nSPS) is 17.6. The molecule has 25 heavy (non-hydrogen) atoms. The number of carbonyl (C=O) groups excluding carboxylic acids is 1. The quantitative estimate of drug-likeness (QED) is 0.442. The summed E-state index contributed by atoms with van der Waals surface area (Å²) in [7, 11) is 0. The summed E-state index contributed by atoms with van der Waals surface area (Å²) in [6.45, 7) is 11.1. The number of nitrogens with two attached hydrogens (primary N) is 1. The van der Waals surface area contributed by atoms with Crippen molar-refractivity contribution in [1.82, 2.24) is 10.2 Å². The zero-order valence-electron chi connectivity index (χ0n) is 16.0. The SMILES string of the molecule is CCC(C)C(=O)NCCOCCOCCOCCN1CCC(N)CC1. The standard InChI is InChI=1S/C18H37N3O4/c1-3-16(2)18(22)20-6-10-23-12-14-25-15-13-24-11-9-21-7-4-17(19)5-8-21/h16-17H,3-15,19H2,1-2H3,(H,20,22). The summed E-state index contributed by atoms with van der Waals surface area (Å²) in [6.07, 6.45) is 3.03. The van der Waals surface area contributed by atoms with Crippen LogP contribution in [-0.4, -0.2) is 82.7 Å². The van der Waals surface area contributed by atoms with Crippen molar-refractivity contribution in [3.05, 3.63) is 0 Å². The summed E-state index contributed by atoms with van der Waals surface area (Å²) in [6, 6.07) is 0.379. The predicted octanol–water partition coefficient (Wildman–Crippen LogP) is 0.622. The molecule has 0 bridgehead atoms. The first kappa shape index (κ1) is 22.3. The maximum absolute atomic E-state index is 11.5. The van der Waals surface area contributed by atoms with E-state index in [2.05, 4.69) is 10.2 Å². The molecule has 148 valence electrons. The van der Waals surface area contributed by atoms with Crippen LogP contribution in [0.1, 0.15) is 33.1 Å². The van der Waals surface area contributed by atoms with Crippen LogP contribution < -0.4 is 11.1 Å². The van der Waals surface area contributed by atoms with Gasteiger partial charge in [-0.15, -0.1) is 0 Å². The van der Waals surface area contributed by atoms with Gasteiger partial charge in [-0.1, -0.05) is 13.8 Å². The minimum Gasteiger partial charge on any atom is -0.378 e. The lowest BCUT2D eigenvalue weighted by molar-refractivity contribution is -0.124. The van der Waals surface area contributed by atoms with Gasteiger partial charge in [-0.25, -0.2) is 0 Å². The first-order valence-corrected chi connectivity index (χ1v) is 9.62. The Labute approximate surface area is 152 Å². The topological polar surface area (TPSA) is 86.1 Å². The summed E-state index contributed by atoms with van der Waals surface area (Å²) < 4.78 is 16.5. The van der Waals surface area contributed by atoms with Crippen LogP contribution in [0.3, 0.4) is 0 Å². The highest BCUT2D eigenvalue weighted by molar-refractivity contribution is 5.78. The largest absolute Gasteiger partial charge is 0.378 e. The molecular formula is C18H37N3O4. The number of ether oxygens (including phenoxy) is 3. The third-order valence-electron chi connectivity index (χ3n) is 4.53. The van der Waals surface area contributed by atoms with Crippen LogP contribution in [0.4, 0.5) is 0 Å². The Hall–Kier alpha value is -0.730. The molecule has 0 aromatic rings. The van der Waals surface area contributed by atoms with E-state index in [1.165, 1.54) is 0 Å². The van der Waals surface area contributed by atoms with Crippen LogP contribution in [0.2, 0.25) is 0 Å². The van der Waals surface area contributed by atoms with Crippen LogP contribution in [-0.2, 0) is 19.0 Å². The fraction of sp³-hybridized carbons (Fsp3) is 0.944. The Balaban J connectivity index is 1.77. The maximum Gasteiger partial charge on any atom is 0.222 e. The minimum atomic E-state index is 0.0656. The van der Waals surface area contributed by atoms with Gasteiger partial charge in [0.2, 0.25) is 5.91 Å². The van der Waals surface area contributed by atoms with Gasteiger partial charge in [0.05, 0.1) is 39.6 Å². The van der Waals surface area contributed by atoms with Crippen LogP contribution in [0.25, 0.3) is 0 Å². The molecule has 1 aliphatic rings. The van der Waals surface area contributed by atoms with E-state index in [4.69, 9.17) is 19.9 Å². The van der Waals surface area contributed by atoms with Crippen molar-refractivity contribution >= 4 is 5.91 Å². The highest BCUT2D eigenvalue weighted by Gasteiger charge is 2.15. The molecule has 1 amide bonds. The Bertz CT molecular complexity index is 336. The third-order valence-corrected chi connectivity index (χ3v) is 4.53. The van der Waals surface area contributed by atoms with Gasteiger partial charge in [0.1, 0.15) is 0 Å². The van der Waals surface area contributed by atoms with Crippen LogP contribution in [0, 0.1) is 5.92 Å². The second kappa shape index (κ2) is 14.4. The molecule has 0 aromatic carbocycles. The number of amides is 1. The number of rotatable bonds is 14. The third kappa shape index (κ3) is 11.5. The van der Waals surface area contributed by atoms with Crippen molar-refractivity contribution < 1.29 is 19.0 Å². The molecule has 7 nitrogen and oxygen atoms in total. The van der Waals surface area contributed by atoms with Crippen LogP contribution in [0.15, 0.2) is 0 Å².